The Bertz CT molecular complexity index is 1040. The number of esters is 1. The van der Waals surface area contributed by atoms with Crippen molar-refractivity contribution in [1.29, 1.82) is 0 Å². The lowest BCUT2D eigenvalue weighted by Gasteiger charge is -2.16. The second kappa shape index (κ2) is 13.5. The molecule has 0 spiro atoms. The minimum atomic E-state index is -0.444. The summed E-state index contributed by atoms with van der Waals surface area (Å²) in [5.41, 5.74) is 2.97. The van der Waals surface area contributed by atoms with E-state index < -0.39 is 6.09 Å². The molecule has 1 heterocycles. The molecule has 3 aromatic rings. The highest BCUT2D eigenvalue weighted by Gasteiger charge is 2.17. The largest absolute Gasteiger partial charge is 0.457 e. The van der Waals surface area contributed by atoms with Gasteiger partial charge in [0.05, 0.1) is 6.61 Å². The van der Waals surface area contributed by atoms with Gasteiger partial charge in [0.15, 0.2) is 0 Å². The molecule has 0 unspecified atom stereocenters. The van der Waals surface area contributed by atoms with Gasteiger partial charge in [-0.15, -0.1) is 11.3 Å². The van der Waals surface area contributed by atoms with Gasteiger partial charge >= 0.3 is 12.1 Å². The van der Waals surface area contributed by atoms with Gasteiger partial charge in [-0.3, -0.25) is 0 Å². The molecule has 1 aromatic heterocycles. The molecule has 0 fully saturated rings. The van der Waals surface area contributed by atoms with Crippen molar-refractivity contribution in [2.75, 3.05) is 20.3 Å². The van der Waals surface area contributed by atoms with Gasteiger partial charge in [0.25, 0.3) is 0 Å². The molecule has 180 valence electrons. The van der Waals surface area contributed by atoms with Crippen molar-refractivity contribution in [3.8, 4) is 0 Å². The number of nitrogens with one attached hydrogen (secondary N) is 1. The summed E-state index contributed by atoms with van der Waals surface area (Å²) in [5.74, 6) is -0.177. The van der Waals surface area contributed by atoms with Gasteiger partial charge < -0.3 is 19.5 Å². The number of rotatable bonds is 12. The Kier molecular flexibility index (Phi) is 10.1. The molecule has 0 radical (unpaired) electrons. The van der Waals surface area contributed by atoms with Crippen LogP contribution in [-0.4, -0.2) is 32.3 Å². The van der Waals surface area contributed by atoms with Crippen LogP contribution in [0.3, 0.4) is 0 Å². The highest BCUT2D eigenvalue weighted by Crippen LogP contribution is 2.25. The van der Waals surface area contributed by atoms with Crippen molar-refractivity contribution in [1.82, 2.24) is 5.32 Å². The monoisotopic (exact) mass is 481 g/mol. The lowest BCUT2D eigenvalue weighted by Crippen LogP contribution is -2.31. The van der Waals surface area contributed by atoms with E-state index in [0.29, 0.717) is 18.0 Å². The molecule has 0 saturated heterocycles. The summed E-state index contributed by atoms with van der Waals surface area (Å²) in [7, 11) is 1.65. The molecule has 7 heteroatoms. The van der Waals surface area contributed by atoms with E-state index >= 15 is 0 Å². The molecule has 0 bridgehead atoms. The Morgan fingerprint density at radius 3 is 2.18 bits per heavy atom. The molecule has 3 rings (SSSR count). The molecule has 0 saturated carbocycles. The average Bonchev–Trinajstić information content (AvgIpc) is 3.24. The average molecular weight is 482 g/mol. The van der Waals surface area contributed by atoms with Crippen LogP contribution in [0.5, 0.6) is 0 Å². The standard InChI is InChI=1S/C27H31NO5S/c1-20-15-25(26(29)32-18-21-9-5-3-6-10-21)34-24(20)14-13-23(17-31-2)16-28-27(30)33-19-22-11-7-4-8-12-22/h3-12,15,23H,13-14,16-19H2,1-2H3,(H,28,30)/t23-/m1/s1. The van der Waals surface area contributed by atoms with Gasteiger partial charge in [-0.1, -0.05) is 60.7 Å². The van der Waals surface area contributed by atoms with Crippen LogP contribution >= 0.6 is 11.3 Å². The fourth-order valence-corrected chi connectivity index (χ4v) is 4.56. The number of thiophene rings is 1. The van der Waals surface area contributed by atoms with E-state index in [1.807, 2.05) is 73.7 Å². The predicted octanol–water partition coefficient (Wildman–Crippen LogP) is 5.54. The molecule has 0 aliphatic rings. The smallest absolute Gasteiger partial charge is 0.407 e. The van der Waals surface area contributed by atoms with Crippen LogP contribution in [0.1, 0.15) is 37.7 Å². The van der Waals surface area contributed by atoms with Gasteiger partial charge in [0.2, 0.25) is 0 Å². The zero-order chi connectivity index (χ0) is 24.2. The number of hydrogen-bond acceptors (Lipinski definition) is 6. The third-order valence-electron chi connectivity index (χ3n) is 5.36. The number of carbonyl (C=O) groups excluding carboxylic acids is 2. The molecule has 0 aliphatic carbocycles. The maximum atomic E-state index is 12.5. The third kappa shape index (κ3) is 8.32. The van der Waals surface area contributed by atoms with Crippen LogP contribution in [0.2, 0.25) is 0 Å². The number of hydrogen-bond donors (Lipinski definition) is 1. The summed E-state index contributed by atoms with van der Waals surface area (Å²) < 4.78 is 16.1. The van der Waals surface area contributed by atoms with Crippen LogP contribution in [0.15, 0.2) is 66.7 Å². The Balaban J connectivity index is 1.45. The first-order valence-corrected chi connectivity index (χ1v) is 12.1. The second-order valence-electron chi connectivity index (χ2n) is 8.08. The van der Waals surface area contributed by atoms with E-state index in [9.17, 15) is 9.59 Å². The third-order valence-corrected chi connectivity index (χ3v) is 6.64. The van der Waals surface area contributed by atoms with Crippen LogP contribution in [0.25, 0.3) is 0 Å². The molecule has 6 nitrogen and oxygen atoms in total. The SMILES string of the molecule is COC[C@H](CCc1sc(C(=O)OCc2ccccc2)cc1C)CNC(=O)OCc1ccccc1. The van der Waals surface area contributed by atoms with Crippen LogP contribution in [0, 0.1) is 12.8 Å². The lowest BCUT2D eigenvalue weighted by atomic mass is 10.0. The molecular formula is C27H31NO5S. The number of carbonyl (C=O) groups is 2. The Labute approximate surface area is 204 Å². The first kappa shape index (κ1) is 25.5. The van der Waals surface area contributed by atoms with E-state index in [4.69, 9.17) is 14.2 Å². The zero-order valence-corrected chi connectivity index (χ0v) is 20.4. The van der Waals surface area contributed by atoms with E-state index in [1.54, 1.807) is 7.11 Å². The van der Waals surface area contributed by atoms with Crippen LogP contribution in [0.4, 0.5) is 4.79 Å². The van der Waals surface area contributed by atoms with E-state index in [-0.39, 0.29) is 25.1 Å². The Morgan fingerprint density at radius 1 is 0.941 bits per heavy atom. The topological polar surface area (TPSA) is 73.9 Å². The quantitative estimate of drug-likeness (QED) is 0.344. The predicted molar refractivity (Wildman–Crippen MR) is 133 cm³/mol. The van der Waals surface area contributed by atoms with Crippen molar-refractivity contribution in [2.24, 2.45) is 5.92 Å². The van der Waals surface area contributed by atoms with E-state index in [2.05, 4.69) is 5.32 Å². The highest BCUT2D eigenvalue weighted by molar-refractivity contribution is 7.14. The molecular weight excluding hydrogens is 450 g/mol. The van der Waals surface area contributed by atoms with Crippen molar-refractivity contribution in [3.05, 3.63) is 93.2 Å². The van der Waals surface area contributed by atoms with Gasteiger partial charge in [-0.05, 0) is 42.5 Å². The number of methoxy groups -OCH3 is 1. The fraction of sp³-hybridized carbons (Fsp3) is 0.333. The summed E-state index contributed by atoms with van der Waals surface area (Å²) in [5, 5.41) is 2.83. The molecule has 1 atom stereocenters. The number of ether oxygens (including phenoxy) is 3. The fourth-order valence-electron chi connectivity index (χ4n) is 3.48. The van der Waals surface area contributed by atoms with Crippen molar-refractivity contribution < 1.29 is 23.8 Å². The maximum Gasteiger partial charge on any atom is 0.407 e. The summed E-state index contributed by atoms with van der Waals surface area (Å²) in [4.78, 5) is 26.3. The minimum absolute atomic E-state index is 0.129. The van der Waals surface area contributed by atoms with Gasteiger partial charge in [0.1, 0.15) is 18.1 Å². The Morgan fingerprint density at radius 2 is 1.56 bits per heavy atom. The number of aryl methyl sites for hydroxylation is 2. The van der Waals surface area contributed by atoms with Gasteiger partial charge in [-0.2, -0.15) is 0 Å². The lowest BCUT2D eigenvalue weighted by molar-refractivity contribution is 0.0478. The first-order valence-electron chi connectivity index (χ1n) is 11.3. The van der Waals surface area contributed by atoms with Crippen LogP contribution in [-0.2, 0) is 33.8 Å². The second-order valence-corrected chi connectivity index (χ2v) is 9.22. The Hall–Kier alpha value is -3.16. The maximum absolute atomic E-state index is 12.5. The van der Waals surface area contributed by atoms with Gasteiger partial charge in [0, 0.05) is 24.4 Å². The summed E-state index contributed by atoms with van der Waals surface area (Å²) in [6.07, 6.45) is 1.16. The van der Waals surface area contributed by atoms with Crippen molar-refractivity contribution >= 4 is 23.4 Å². The minimum Gasteiger partial charge on any atom is -0.457 e. The van der Waals surface area contributed by atoms with E-state index in [0.717, 1.165) is 34.4 Å². The number of benzene rings is 2. The van der Waals surface area contributed by atoms with Crippen LogP contribution < -0.4 is 5.32 Å². The van der Waals surface area contributed by atoms with E-state index in [1.165, 1.54) is 11.3 Å². The summed E-state index contributed by atoms with van der Waals surface area (Å²) in [6, 6.07) is 21.1. The zero-order valence-electron chi connectivity index (χ0n) is 19.6. The first-order chi connectivity index (χ1) is 16.5. The molecule has 2 aromatic carbocycles. The normalized spacial score (nSPS) is 11.6. The number of amides is 1. The molecule has 0 aliphatic heterocycles. The van der Waals surface area contributed by atoms with Crippen molar-refractivity contribution in [3.63, 3.8) is 0 Å². The highest BCUT2D eigenvalue weighted by atomic mass is 32.1. The summed E-state index contributed by atoms with van der Waals surface area (Å²) in [6.45, 7) is 3.48. The molecule has 1 N–H and O–H groups in total. The number of alkyl carbamates (subject to hydrolysis) is 1. The molecule has 1 amide bonds. The summed E-state index contributed by atoms with van der Waals surface area (Å²) >= 11 is 1.47. The van der Waals surface area contributed by atoms with Gasteiger partial charge in [-0.25, -0.2) is 9.59 Å². The molecule has 34 heavy (non-hydrogen) atoms. The van der Waals surface area contributed by atoms with Crippen molar-refractivity contribution in [2.45, 2.75) is 33.0 Å².